The largest absolute Gasteiger partial charge is 0.383 e. The van der Waals surface area contributed by atoms with Gasteiger partial charge in [-0.3, -0.25) is 0 Å². The first kappa shape index (κ1) is 16.5. The second-order valence-corrected chi connectivity index (χ2v) is 5.86. The first-order valence-electron chi connectivity index (χ1n) is 8.42. The summed E-state index contributed by atoms with van der Waals surface area (Å²) < 4.78 is 7.05. The maximum absolute atomic E-state index is 5.14. The van der Waals surface area contributed by atoms with Gasteiger partial charge in [-0.1, -0.05) is 43.7 Å². The zero-order valence-corrected chi connectivity index (χ0v) is 14.5. The highest BCUT2D eigenvalue weighted by Gasteiger charge is 2.16. The number of hydrogen-bond donors (Lipinski definition) is 1. The van der Waals surface area contributed by atoms with Gasteiger partial charge in [-0.15, -0.1) is 0 Å². The molecule has 0 aliphatic heterocycles. The molecule has 0 amide bonds. The third-order valence-corrected chi connectivity index (χ3v) is 4.00. The number of methoxy groups -OCH3 is 1. The molecule has 0 bridgehead atoms. The third kappa shape index (κ3) is 3.26. The van der Waals surface area contributed by atoms with Gasteiger partial charge in [0.2, 0.25) is 0 Å². The van der Waals surface area contributed by atoms with Gasteiger partial charge in [-0.05, 0) is 18.9 Å². The Morgan fingerprint density at radius 1 is 1.21 bits per heavy atom. The summed E-state index contributed by atoms with van der Waals surface area (Å²) >= 11 is 0. The van der Waals surface area contributed by atoms with Crippen molar-refractivity contribution >= 4 is 11.5 Å². The van der Waals surface area contributed by atoms with E-state index in [0.717, 1.165) is 53.4 Å². The van der Waals surface area contributed by atoms with Gasteiger partial charge in [0.1, 0.15) is 5.82 Å². The Balaban J connectivity index is 2.14. The number of fused-ring (bicyclic) bond motifs is 1. The predicted molar refractivity (Wildman–Crippen MR) is 97.5 cm³/mol. The molecule has 0 aliphatic carbocycles. The van der Waals surface area contributed by atoms with E-state index in [1.165, 1.54) is 0 Å². The summed E-state index contributed by atoms with van der Waals surface area (Å²) in [5.74, 6) is 0.964. The zero-order chi connectivity index (χ0) is 16.9. The van der Waals surface area contributed by atoms with Crippen molar-refractivity contribution in [2.75, 3.05) is 25.6 Å². The van der Waals surface area contributed by atoms with Crippen LogP contribution < -0.4 is 5.32 Å². The van der Waals surface area contributed by atoms with Gasteiger partial charge in [0.25, 0.3) is 0 Å². The number of hydrogen-bond acceptors (Lipinski definition) is 4. The van der Waals surface area contributed by atoms with Gasteiger partial charge >= 0.3 is 0 Å². The maximum atomic E-state index is 5.14. The molecule has 0 unspecified atom stereocenters. The molecule has 5 nitrogen and oxygen atoms in total. The van der Waals surface area contributed by atoms with Crippen LogP contribution in [-0.2, 0) is 11.2 Å². The van der Waals surface area contributed by atoms with Crippen molar-refractivity contribution in [2.45, 2.75) is 26.7 Å². The lowest BCUT2D eigenvalue weighted by molar-refractivity contribution is 0.210. The highest BCUT2D eigenvalue weighted by Crippen LogP contribution is 2.29. The average molecular weight is 324 g/mol. The van der Waals surface area contributed by atoms with Gasteiger partial charge < -0.3 is 10.1 Å². The van der Waals surface area contributed by atoms with Gasteiger partial charge in [0.05, 0.1) is 12.3 Å². The Labute approximate surface area is 142 Å². The van der Waals surface area contributed by atoms with E-state index < -0.39 is 0 Å². The van der Waals surface area contributed by atoms with E-state index in [1.807, 2.05) is 29.6 Å². The fourth-order valence-corrected chi connectivity index (χ4v) is 2.91. The second kappa shape index (κ2) is 7.45. The summed E-state index contributed by atoms with van der Waals surface area (Å²) in [5, 5.41) is 8.14. The number of nitrogens with zero attached hydrogens (tertiary/aromatic N) is 3. The van der Waals surface area contributed by atoms with Gasteiger partial charge in [0.15, 0.2) is 5.65 Å². The summed E-state index contributed by atoms with van der Waals surface area (Å²) in [6.07, 6.45) is 2.02. The maximum Gasteiger partial charge on any atom is 0.165 e. The highest BCUT2D eigenvalue weighted by molar-refractivity contribution is 5.80. The summed E-state index contributed by atoms with van der Waals surface area (Å²) in [6.45, 7) is 5.60. The van der Waals surface area contributed by atoms with Crippen LogP contribution in [-0.4, -0.2) is 34.9 Å². The predicted octanol–water partition coefficient (Wildman–Crippen LogP) is 3.72. The molecule has 1 aromatic carbocycles. The fraction of sp³-hybridized carbons (Fsp3) is 0.368. The van der Waals surface area contributed by atoms with E-state index in [-0.39, 0.29) is 0 Å². The fourth-order valence-electron chi connectivity index (χ4n) is 2.91. The summed E-state index contributed by atoms with van der Waals surface area (Å²) in [7, 11) is 1.71. The molecule has 0 radical (unpaired) electrons. The molecule has 3 aromatic rings. The molecule has 24 heavy (non-hydrogen) atoms. The number of aromatic nitrogens is 3. The smallest absolute Gasteiger partial charge is 0.165 e. The van der Waals surface area contributed by atoms with Gasteiger partial charge in [-0.25, -0.2) is 4.98 Å². The van der Waals surface area contributed by atoms with Crippen LogP contribution in [0.25, 0.3) is 16.8 Å². The van der Waals surface area contributed by atoms with Gasteiger partial charge in [-0.2, -0.15) is 9.61 Å². The molecule has 0 spiro atoms. The van der Waals surface area contributed by atoms with Crippen molar-refractivity contribution in [3.63, 3.8) is 0 Å². The molecule has 0 atom stereocenters. The Morgan fingerprint density at radius 3 is 2.71 bits per heavy atom. The van der Waals surface area contributed by atoms with Crippen molar-refractivity contribution in [1.29, 1.82) is 0 Å². The van der Waals surface area contributed by atoms with E-state index in [0.29, 0.717) is 6.61 Å². The Bertz CT molecular complexity index is 811. The molecular weight excluding hydrogens is 300 g/mol. The summed E-state index contributed by atoms with van der Waals surface area (Å²) in [5.41, 5.74) is 5.22. The summed E-state index contributed by atoms with van der Waals surface area (Å²) in [4.78, 5) is 4.88. The van der Waals surface area contributed by atoms with Crippen LogP contribution >= 0.6 is 0 Å². The first-order valence-corrected chi connectivity index (χ1v) is 8.42. The van der Waals surface area contributed by atoms with E-state index >= 15 is 0 Å². The van der Waals surface area contributed by atoms with Crippen molar-refractivity contribution in [3.05, 3.63) is 47.8 Å². The molecule has 1 N–H and O–H groups in total. The minimum atomic E-state index is 0.652. The number of aryl methyl sites for hydroxylation is 2. The van der Waals surface area contributed by atoms with Crippen LogP contribution in [0.3, 0.4) is 0 Å². The Morgan fingerprint density at radius 2 is 2.00 bits per heavy atom. The Kier molecular flexibility index (Phi) is 5.11. The lowest BCUT2D eigenvalue weighted by atomic mass is 10.1. The minimum Gasteiger partial charge on any atom is -0.383 e. The van der Waals surface area contributed by atoms with Crippen LogP contribution in [0.2, 0.25) is 0 Å². The standard InChI is InChI=1S/C19H24N4O/c1-4-8-16-13-17(20-11-12-24-3)23-19(21-16)18(14(2)22-23)15-9-6-5-7-10-15/h5-7,9-10,13,20H,4,8,11-12H2,1-3H3. The highest BCUT2D eigenvalue weighted by atomic mass is 16.5. The molecule has 0 fully saturated rings. The van der Waals surface area contributed by atoms with Crippen LogP contribution in [0, 0.1) is 6.92 Å². The van der Waals surface area contributed by atoms with Crippen LogP contribution in [0.15, 0.2) is 36.4 Å². The number of benzene rings is 1. The molecule has 0 saturated heterocycles. The third-order valence-electron chi connectivity index (χ3n) is 4.00. The van der Waals surface area contributed by atoms with Crippen LogP contribution in [0.5, 0.6) is 0 Å². The minimum absolute atomic E-state index is 0.652. The molecule has 2 heterocycles. The normalized spacial score (nSPS) is 11.1. The zero-order valence-electron chi connectivity index (χ0n) is 14.5. The molecule has 3 rings (SSSR count). The quantitative estimate of drug-likeness (QED) is 0.673. The van der Waals surface area contributed by atoms with Crippen molar-refractivity contribution in [3.8, 4) is 11.1 Å². The Hall–Kier alpha value is -2.40. The van der Waals surface area contributed by atoms with E-state index in [2.05, 4.69) is 30.4 Å². The number of rotatable bonds is 7. The van der Waals surface area contributed by atoms with Crippen molar-refractivity contribution in [2.24, 2.45) is 0 Å². The lowest BCUT2D eigenvalue weighted by Gasteiger charge is -2.10. The summed E-state index contributed by atoms with van der Waals surface area (Å²) in [6, 6.07) is 12.4. The topological polar surface area (TPSA) is 51.5 Å². The average Bonchev–Trinajstić information content (AvgIpc) is 2.92. The molecule has 126 valence electrons. The molecule has 5 heteroatoms. The van der Waals surface area contributed by atoms with Gasteiger partial charge in [0, 0.05) is 31.0 Å². The van der Waals surface area contributed by atoms with Crippen LogP contribution in [0.4, 0.5) is 5.82 Å². The van der Waals surface area contributed by atoms with E-state index in [1.54, 1.807) is 7.11 Å². The lowest BCUT2D eigenvalue weighted by Crippen LogP contribution is -2.12. The molecule has 0 saturated carbocycles. The molecule has 0 aliphatic rings. The van der Waals surface area contributed by atoms with Crippen LogP contribution in [0.1, 0.15) is 24.7 Å². The van der Waals surface area contributed by atoms with E-state index in [4.69, 9.17) is 14.8 Å². The monoisotopic (exact) mass is 324 g/mol. The first-order chi connectivity index (χ1) is 11.7. The second-order valence-electron chi connectivity index (χ2n) is 5.86. The van der Waals surface area contributed by atoms with Crippen molar-refractivity contribution in [1.82, 2.24) is 14.6 Å². The molecule has 2 aromatic heterocycles. The number of nitrogens with one attached hydrogen (secondary N) is 1. The van der Waals surface area contributed by atoms with Crippen molar-refractivity contribution < 1.29 is 4.74 Å². The number of ether oxygens (including phenoxy) is 1. The SMILES string of the molecule is CCCc1cc(NCCOC)n2nc(C)c(-c3ccccc3)c2n1. The molecular formula is C19H24N4O. The number of anilines is 1. The van der Waals surface area contributed by atoms with E-state index in [9.17, 15) is 0 Å².